The quantitative estimate of drug-likeness (QED) is 0.641. The number of halogens is 1. The van der Waals surface area contributed by atoms with E-state index < -0.39 is 22.3 Å². The molecule has 2 aromatic rings. The molecule has 0 aromatic heterocycles. The Morgan fingerprint density at radius 1 is 1.15 bits per heavy atom. The van der Waals surface area contributed by atoms with Gasteiger partial charge in [0, 0.05) is 44.6 Å². The van der Waals surface area contributed by atoms with Crippen LogP contribution in [-0.2, 0) is 6.54 Å². The second-order valence-corrected chi connectivity index (χ2v) is 7.03. The van der Waals surface area contributed by atoms with Gasteiger partial charge in [0.15, 0.2) is 0 Å². The molecule has 0 radical (unpaired) electrons. The number of carbonyl (C=O) groups is 1. The Hall–Kier alpha value is -3.00. The van der Waals surface area contributed by atoms with Crippen LogP contribution in [0.15, 0.2) is 42.5 Å². The van der Waals surface area contributed by atoms with Crippen molar-refractivity contribution < 1.29 is 14.1 Å². The highest BCUT2D eigenvalue weighted by Crippen LogP contribution is 2.32. The second kappa shape index (κ2) is 6.62. The van der Waals surface area contributed by atoms with Crippen molar-refractivity contribution in [2.24, 2.45) is 0 Å². The molecule has 2 heterocycles. The number of nitro groups is 1. The predicted octanol–water partition coefficient (Wildman–Crippen LogP) is 2.88. The lowest BCUT2D eigenvalue weighted by molar-refractivity contribution is -0.384. The van der Waals surface area contributed by atoms with Crippen LogP contribution in [0, 0.1) is 15.9 Å². The Labute approximate surface area is 155 Å². The molecule has 4 rings (SSSR count). The van der Waals surface area contributed by atoms with Crippen molar-refractivity contribution in [2.45, 2.75) is 25.0 Å². The van der Waals surface area contributed by atoms with Crippen molar-refractivity contribution in [3.63, 3.8) is 0 Å². The van der Waals surface area contributed by atoms with E-state index in [1.807, 2.05) is 6.07 Å². The van der Waals surface area contributed by atoms with Gasteiger partial charge in [-0.25, -0.2) is 4.39 Å². The lowest BCUT2D eigenvalue weighted by atomic mass is 9.92. The SMILES string of the molecule is O=C1NC2(CCN(Cc3cccc([N+](=O)[O-])c3)CC2)Nc2cccc(F)c21. The summed E-state index contributed by atoms with van der Waals surface area (Å²) in [4.78, 5) is 25.1. The first-order chi connectivity index (χ1) is 13.0. The summed E-state index contributed by atoms with van der Waals surface area (Å²) in [6, 6.07) is 11.2. The lowest BCUT2D eigenvalue weighted by Gasteiger charge is -2.46. The number of nitro benzene ring substituents is 1. The Balaban J connectivity index is 1.44. The topological polar surface area (TPSA) is 87.5 Å². The number of hydrogen-bond donors (Lipinski definition) is 2. The first kappa shape index (κ1) is 17.4. The third-order valence-corrected chi connectivity index (χ3v) is 5.20. The third kappa shape index (κ3) is 3.35. The molecule has 0 atom stereocenters. The Morgan fingerprint density at radius 3 is 2.63 bits per heavy atom. The van der Waals surface area contributed by atoms with Crippen LogP contribution in [0.3, 0.4) is 0 Å². The monoisotopic (exact) mass is 370 g/mol. The van der Waals surface area contributed by atoms with Gasteiger partial charge in [0.05, 0.1) is 16.2 Å². The average molecular weight is 370 g/mol. The Bertz CT molecular complexity index is 910. The van der Waals surface area contributed by atoms with Crippen LogP contribution in [0.4, 0.5) is 15.8 Å². The van der Waals surface area contributed by atoms with Gasteiger partial charge >= 0.3 is 0 Å². The lowest BCUT2D eigenvalue weighted by Crippen LogP contribution is -2.62. The standard InChI is InChI=1S/C19H19FN4O3/c20-15-5-2-6-16-17(15)18(25)22-19(21-16)7-9-23(10-8-19)12-13-3-1-4-14(11-13)24(26)27/h1-6,11,21H,7-10,12H2,(H,22,25). The van der Waals surface area contributed by atoms with Crippen molar-refractivity contribution >= 4 is 17.3 Å². The molecule has 1 saturated heterocycles. The van der Waals surface area contributed by atoms with Gasteiger partial charge in [-0.2, -0.15) is 0 Å². The van der Waals surface area contributed by atoms with Crippen LogP contribution >= 0.6 is 0 Å². The van der Waals surface area contributed by atoms with E-state index in [0.29, 0.717) is 38.2 Å². The van der Waals surface area contributed by atoms with Crippen molar-refractivity contribution in [3.05, 3.63) is 69.5 Å². The van der Waals surface area contributed by atoms with E-state index in [0.717, 1.165) is 5.56 Å². The Kier molecular flexibility index (Phi) is 4.27. The molecule has 8 heteroatoms. The fraction of sp³-hybridized carbons (Fsp3) is 0.316. The van der Waals surface area contributed by atoms with Crippen LogP contribution in [0.5, 0.6) is 0 Å². The maximum atomic E-state index is 13.9. The zero-order valence-corrected chi connectivity index (χ0v) is 14.6. The molecular weight excluding hydrogens is 351 g/mol. The minimum Gasteiger partial charge on any atom is -0.362 e. The minimum absolute atomic E-state index is 0.0575. The molecule has 1 spiro atoms. The van der Waals surface area contributed by atoms with Gasteiger partial charge in [0.1, 0.15) is 11.5 Å². The summed E-state index contributed by atoms with van der Waals surface area (Å²) in [5, 5.41) is 17.2. The summed E-state index contributed by atoms with van der Waals surface area (Å²) in [5.74, 6) is -0.926. The summed E-state index contributed by atoms with van der Waals surface area (Å²) in [6.07, 6.45) is 1.31. The number of rotatable bonds is 3. The van der Waals surface area contributed by atoms with Gasteiger partial charge < -0.3 is 10.6 Å². The number of carbonyl (C=O) groups excluding carboxylic acids is 1. The van der Waals surface area contributed by atoms with Gasteiger partial charge in [0.2, 0.25) is 0 Å². The van der Waals surface area contributed by atoms with Crippen LogP contribution < -0.4 is 10.6 Å². The molecule has 2 aliphatic rings. The smallest absolute Gasteiger partial charge is 0.269 e. The first-order valence-electron chi connectivity index (χ1n) is 8.81. The van der Waals surface area contributed by atoms with E-state index in [4.69, 9.17) is 0 Å². The normalized spacial score (nSPS) is 18.5. The van der Waals surface area contributed by atoms with Gasteiger partial charge in [-0.3, -0.25) is 19.8 Å². The number of anilines is 1. The molecule has 7 nitrogen and oxygen atoms in total. The summed E-state index contributed by atoms with van der Waals surface area (Å²) >= 11 is 0. The number of fused-ring (bicyclic) bond motifs is 1. The average Bonchev–Trinajstić information content (AvgIpc) is 2.64. The van der Waals surface area contributed by atoms with Crippen molar-refractivity contribution in [3.8, 4) is 0 Å². The molecule has 0 unspecified atom stereocenters. The zero-order chi connectivity index (χ0) is 19.0. The maximum Gasteiger partial charge on any atom is 0.269 e. The van der Waals surface area contributed by atoms with E-state index in [1.165, 1.54) is 12.1 Å². The van der Waals surface area contributed by atoms with E-state index in [9.17, 15) is 19.3 Å². The number of nitrogens with zero attached hydrogens (tertiary/aromatic N) is 2. The van der Waals surface area contributed by atoms with E-state index in [2.05, 4.69) is 15.5 Å². The van der Waals surface area contributed by atoms with E-state index in [1.54, 1.807) is 24.3 Å². The second-order valence-electron chi connectivity index (χ2n) is 7.03. The van der Waals surface area contributed by atoms with Gasteiger partial charge in [-0.1, -0.05) is 18.2 Å². The fourth-order valence-electron chi connectivity index (χ4n) is 3.80. The van der Waals surface area contributed by atoms with E-state index in [-0.39, 0.29) is 11.3 Å². The molecule has 0 saturated carbocycles. The molecule has 1 fully saturated rings. The van der Waals surface area contributed by atoms with Crippen LogP contribution in [0.25, 0.3) is 0 Å². The van der Waals surface area contributed by atoms with Gasteiger partial charge in [0.25, 0.3) is 11.6 Å². The highest BCUT2D eigenvalue weighted by Gasteiger charge is 2.41. The van der Waals surface area contributed by atoms with Gasteiger partial charge in [-0.05, 0) is 17.7 Å². The van der Waals surface area contributed by atoms with Gasteiger partial charge in [-0.15, -0.1) is 0 Å². The fourth-order valence-corrected chi connectivity index (χ4v) is 3.80. The molecule has 140 valence electrons. The van der Waals surface area contributed by atoms with Crippen molar-refractivity contribution in [1.29, 1.82) is 0 Å². The maximum absolute atomic E-state index is 13.9. The number of amides is 1. The molecule has 0 aliphatic carbocycles. The number of piperidine rings is 1. The molecule has 2 aliphatic heterocycles. The minimum atomic E-state index is -0.586. The highest BCUT2D eigenvalue weighted by molar-refractivity contribution is 6.02. The summed E-state index contributed by atoms with van der Waals surface area (Å²) in [7, 11) is 0. The predicted molar refractivity (Wildman–Crippen MR) is 97.8 cm³/mol. The molecule has 1 amide bonds. The third-order valence-electron chi connectivity index (χ3n) is 5.20. The van der Waals surface area contributed by atoms with Crippen LogP contribution in [-0.4, -0.2) is 34.5 Å². The highest BCUT2D eigenvalue weighted by atomic mass is 19.1. The first-order valence-corrected chi connectivity index (χ1v) is 8.81. The summed E-state index contributed by atoms with van der Waals surface area (Å²) in [5.41, 5.74) is 0.957. The largest absolute Gasteiger partial charge is 0.362 e. The summed E-state index contributed by atoms with van der Waals surface area (Å²) < 4.78 is 13.9. The van der Waals surface area contributed by atoms with E-state index >= 15 is 0 Å². The number of hydrogen-bond acceptors (Lipinski definition) is 5. The van der Waals surface area contributed by atoms with Crippen molar-refractivity contribution in [1.82, 2.24) is 10.2 Å². The van der Waals surface area contributed by atoms with Crippen LogP contribution in [0.2, 0.25) is 0 Å². The molecule has 27 heavy (non-hydrogen) atoms. The number of nitrogens with one attached hydrogen (secondary N) is 2. The van der Waals surface area contributed by atoms with Crippen molar-refractivity contribution in [2.75, 3.05) is 18.4 Å². The Morgan fingerprint density at radius 2 is 1.89 bits per heavy atom. The molecular formula is C19H19FN4O3. The molecule has 0 bridgehead atoms. The summed E-state index contributed by atoms with van der Waals surface area (Å²) in [6.45, 7) is 2.03. The van der Waals surface area contributed by atoms with Crippen LogP contribution in [0.1, 0.15) is 28.8 Å². The number of non-ortho nitro benzene ring substituents is 1. The number of likely N-dealkylation sites (tertiary alicyclic amines) is 1. The number of benzene rings is 2. The molecule has 2 aromatic carbocycles. The molecule has 2 N–H and O–H groups in total. The zero-order valence-electron chi connectivity index (χ0n) is 14.6.